The molecule has 2 heterocycles. The second-order valence-electron chi connectivity index (χ2n) is 9.39. The fourth-order valence-corrected chi connectivity index (χ4v) is 4.72. The maximum Gasteiger partial charge on any atom is 0.417 e. The number of anilines is 1. The van der Waals surface area contributed by atoms with Crippen LogP contribution < -0.4 is 10.6 Å². The van der Waals surface area contributed by atoms with Crippen LogP contribution in [0.5, 0.6) is 0 Å². The number of alkyl halides is 3. The Morgan fingerprint density at radius 2 is 1.72 bits per heavy atom. The number of amides is 2. The Balaban J connectivity index is 1.39. The summed E-state index contributed by atoms with van der Waals surface area (Å²) in [5, 5.41) is 5.63. The highest BCUT2D eigenvalue weighted by Crippen LogP contribution is 2.33. The topological polar surface area (TPSA) is 74.3 Å². The zero-order valence-corrected chi connectivity index (χ0v) is 22.0. The Hall–Kier alpha value is -3.85. The monoisotopic (exact) mass is 556 g/mol. The molecule has 2 aromatic carbocycles. The molecule has 10 heteroatoms. The first-order chi connectivity index (χ1) is 18.6. The van der Waals surface area contributed by atoms with Gasteiger partial charge in [0.2, 0.25) is 5.91 Å². The van der Waals surface area contributed by atoms with Crippen molar-refractivity contribution in [3.05, 3.63) is 107 Å². The van der Waals surface area contributed by atoms with Crippen molar-refractivity contribution in [1.82, 2.24) is 15.2 Å². The van der Waals surface area contributed by atoms with Gasteiger partial charge in [0.1, 0.15) is 11.4 Å². The normalized spacial score (nSPS) is 18.7. The molecule has 2 atom stereocenters. The van der Waals surface area contributed by atoms with Crippen LogP contribution in [0, 0.1) is 0 Å². The predicted molar refractivity (Wildman–Crippen MR) is 144 cm³/mol. The van der Waals surface area contributed by atoms with Crippen LogP contribution in [0.15, 0.2) is 85.1 Å². The van der Waals surface area contributed by atoms with Gasteiger partial charge in [0, 0.05) is 24.8 Å². The van der Waals surface area contributed by atoms with E-state index in [1.807, 2.05) is 42.5 Å². The minimum absolute atomic E-state index is 0.130. The van der Waals surface area contributed by atoms with Crippen molar-refractivity contribution in [2.75, 3.05) is 18.4 Å². The fraction of sp³-hybridized carbons (Fsp3) is 0.276. The predicted octanol–water partition coefficient (Wildman–Crippen LogP) is 5.75. The molecule has 204 valence electrons. The third-order valence-electron chi connectivity index (χ3n) is 6.56. The Kier molecular flexibility index (Phi) is 8.60. The Bertz CT molecular complexity index is 1340. The van der Waals surface area contributed by atoms with Crippen LogP contribution >= 0.6 is 11.6 Å². The largest absolute Gasteiger partial charge is 0.417 e. The van der Waals surface area contributed by atoms with E-state index >= 15 is 0 Å². The molecule has 0 radical (unpaired) electrons. The Morgan fingerprint density at radius 1 is 1.05 bits per heavy atom. The van der Waals surface area contributed by atoms with Gasteiger partial charge in [-0.05, 0) is 43.5 Å². The molecule has 0 bridgehead atoms. The van der Waals surface area contributed by atoms with E-state index in [0.717, 1.165) is 11.6 Å². The molecule has 6 nitrogen and oxygen atoms in total. The van der Waals surface area contributed by atoms with Gasteiger partial charge in [0.15, 0.2) is 0 Å². The third kappa shape index (κ3) is 6.60. The maximum absolute atomic E-state index is 13.6. The molecule has 4 rings (SSSR count). The minimum atomic E-state index is -4.53. The lowest BCUT2D eigenvalue weighted by Crippen LogP contribution is -2.58. The molecule has 2 N–H and O–H groups in total. The number of hydrogen-bond donors (Lipinski definition) is 2. The summed E-state index contributed by atoms with van der Waals surface area (Å²) in [5.74, 6) is -0.446. The summed E-state index contributed by atoms with van der Waals surface area (Å²) in [5.41, 5.74) is -0.603. The zero-order chi connectivity index (χ0) is 28.0. The first-order valence-corrected chi connectivity index (χ1v) is 12.8. The molecule has 1 unspecified atom stereocenters. The van der Waals surface area contributed by atoms with Crippen molar-refractivity contribution in [3.8, 4) is 0 Å². The number of halogens is 4. The summed E-state index contributed by atoms with van der Waals surface area (Å²) >= 11 is 5.93. The third-order valence-corrected chi connectivity index (χ3v) is 6.85. The highest BCUT2D eigenvalue weighted by molar-refractivity contribution is 6.32. The van der Waals surface area contributed by atoms with Gasteiger partial charge in [0.25, 0.3) is 5.91 Å². The van der Waals surface area contributed by atoms with Crippen LogP contribution in [0.25, 0.3) is 0 Å². The number of pyridine rings is 1. The van der Waals surface area contributed by atoms with Crippen molar-refractivity contribution in [1.29, 1.82) is 0 Å². The van der Waals surface area contributed by atoms with Gasteiger partial charge in [0.05, 0.1) is 16.6 Å². The van der Waals surface area contributed by atoms with E-state index in [1.54, 1.807) is 42.2 Å². The molecule has 0 aliphatic carbocycles. The molecule has 0 saturated heterocycles. The molecule has 3 aromatic rings. The summed E-state index contributed by atoms with van der Waals surface area (Å²) < 4.78 is 38.4. The standard InChI is InChI=1S/C29H28ClF3N4O2/c1-28(27(39)35-16-8-15-34-25-24(30)18-22(19-36-25)29(31,32)33)14-13-23(17-20-9-4-2-5-10-20)37(28)26(38)21-11-6-3-7-12-21/h2-7,9-14,18-19,23H,8,15-17H2,1H3,(H,34,36)(H,35,39)/t23?,28-/m1/s1. The van der Waals surface area contributed by atoms with Crippen LogP contribution in [-0.4, -0.2) is 46.4 Å². The lowest BCUT2D eigenvalue weighted by atomic mass is 9.98. The van der Waals surface area contributed by atoms with Gasteiger partial charge in [-0.3, -0.25) is 9.59 Å². The smallest absolute Gasteiger partial charge is 0.369 e. The zero-order valence-electron chi connectivity index (χ0n) is 21.2. The van der Waals surface area contributed by atoms with Crippen LogP contribution in [-0.2, 0) is 17.4 Å². The molecule has 0 fully saturated rings. The van der Waals surface area contributed by atoms with E-state index in [4.69, 9.17) is 11.6 Å². The van der Waals surface area contributed by atoms with Gasteiger partial charge in [-0.2, -0.15) is 13.2 Å². The average molecular weight is 557 g/mol. The van der Waals surface area contributed by atoms with E-state index < -0.39 is 17.3 Å². The van der Waals surface area contributed by atoms with Crippen molar-refractivity contribution in [2.24, 2.45) is 0 Å². The summed E-state index contributed by atoms with van der Waals surface area (Å²) in [6, 6.07) is 19.1. The van der Waals surface area contributed by atoms with Crippen LogP contribution in [0.2, 0.25) is 5.02 Å². The van der Waals surface area contributed by atoms with Gasteiger partial charge in [-0.25, -0.2) is 4.98 Å². The first-order valence-electron chi connectivity index (χ1n) is 12.5. The minimum Gasteiger partial charge on any atom is -0.369 e. The first kappa shape index (κ1) is 28.2. The molecule has 1 aliphatic rings. The van der Waals surface area contributed by atoms with E-state index in [-0.39, 0.29) is 35.2 Å². The lowest BCUT2D eigenvalue weighted by Gasteiger charge is -2.37. The van der Waals surface area contributed by atoms with Gasteiger partial charge in [-0.15, -0.1) is 0 Å². The summed E-state index contributed by atoms with van der Waals surface area (Å²) in [7, 11) is 0. The summed E-state index contributed by atoms with van der Waals surface area (Å²) in [4.78, 5) is 32.4. The number of aromatic nitrogens is 1. The van der Waals surface area contributed by atoms with E-state index in [0.29, 0.717) is 31.1 Å². The summed E-state index contributed by atoms with van der Waals surface area (Å²) in [6.07, 6.45) is 0.857. The van der Waals surface area contributed by atoms with E-state index in [1.165, 1.54) is 0 Å². The van der Waals surface area contributed by atoms with E-state index in [9.17, 15) is 22.8 Å². The number of nitrogens with zero attached hydrogens (tertiary/aromatic N) is 2. The average Bonchev–Trinajstić information content (AvgIpc) is 3.26. The summed E-state index contributed by atoms with van der Waals surface area (Å²) in [6.45, 7) is 2.30. The molecule has 1 aromatic heterocycles. The maximum atomic E-state index is 13.6. The molecule has 1 aliphatic heterocycles. The van der Waals surface area contributed by atoms with Crippen LogP contribution in [0.3, 0.4) is 0 Å². The van der Waals surface area contributed by atoms with Gasteiger partial charge < -0.3 is 15.5 Å². The number of carbonyl (C=O) groups is 2. The van der Waals surface area contributed by atoms with Crippen molar-refractivity contribution < 1.29 is 22.8 Å². The van der Waals surface area contributed by atoms with Gasteiger partial charge in [-0.1, -0.05) is 72.3 Å². The number of benzene rings is 2. The molecule has 39 heavy (non-hydrogen) atoms. The molecule has 0 saturated carbocycles. The number of nitrogens with one attached hydrogen (secondary N) is 2. The van der Waals surface area contributed by atoms with E-state index in [2.05, 4.69) is 15.6 Å². The Morgan fingerprint density at radius 3 is 2.36 bits per heavy atom. The molecule has 2 amide bonds. The SMILES string of the molecule is C[C@]1(C(=O)NCCCNc2ncc(C(F)(F)F)cc2Cl)C=CC(Cc2ccccc2)N1C(=O)c1ccccc1. The van der Waals surface area contributed by atoms with Crippen LogP contribution in [0.1, 0.15) is 34.8 Å². The van der Waals surface area contributed by atoms with Crippen molar-refractivity contribution in [3.63, 3.8) is 0 Å². The van der Waals surface area contributed by atoms with Crippen molar-refractivity contribution in [2.45, 2.75) is 37.5 Å². The molecular formula is C29H28ClF3N4O2. The second-order valence-corrected chi connectivity index (χ2v) is 9.80. The van der Waals surface area contributed by atoms with Gasteiger partial charge >= 0.3 is 6.18 Å². The van der Waals surface area contributed by atoms with Crippen LogP contribution in [0.4, 0.5) is 19.0 Å². The highest BCUT2D eigenvalue weighted by Gasteiger charge is 2.47. The number of rotatable bonds is 9. The highest BCUT2D eigenvalue weighted by atomic mass is 35.5. The fourth-order valence-electron chi connectivity index (χ4n) is 4.49. The van der Waals surface area contributed by atoms with Crippen molar-refractivity contribution >= 4 is 29.2 Å². The number of carbonyl (C=O) groups excluding carboxylic acids is 2. The lowest BCUT2D eigenvalue weighted by molar-refractivity contribution is -0.137. The molecular weight excluding hydrogens is 529 g/mol. The number of hydrogen-bond acceptors (Lipinski definition) is 4. The Labute approximate surface area is 229 Å². The quantitative estimate of drug-likeness (QED) is 0.260. The molecule has 0 spiro atoms. The second kappa shape index (κ2) is 11.9.